The van der Waals surface area contributed by atoms with Gasteiger partial charge in [0.2, 0.25) is 5.91 Å². The summed E-state index contributed by atoms with van der Waals surface area (Å²) in [6.45, 7) is 3.26. The van der Waals surface area contributed by atoms with Crippen LogP contribution in [0.4, 0.5) is 5.13 Å². The number of β-lactam (4-membered cyclic amide) rings is 1. The number of amides is 3. The van der Waals surface area contributed by atoms with Crippen LogP contribution in [-0.4, -0.2) is 69.9 Å². The van der Waals surface area contributed by atoms with Gasteiger partial charge in [-0.3, -0.25) is 18.9 Å². The van der Waals surface area contributed by atoms with E-state index in [0.717, 1.165) is 11.3 Å². The first-order chi connectivity index (χ1) is 14.5. The number of halogens is 1. The average molecular weight is 495 g/mol. The van der Waals surface area contributed by atoms with E-state index in [2.05, 4.69) is 30.8 Å². The first kappa shape index (κ1) is 24.3. The minimum absolute atomic E-state index is 0.0354. The fourth-order valence-electron chi connectivity index (χ4n) is 2.17. The summed E-state index contributed by atoms with van der Waals surface area (Å²) in [7, 11) is -5.01. The normalized spacial score (nSPS) is 18.8. The zero-order chi connectivity index (χ0) is 23.3. The van der Waals surface area contributed by atoms with E-state index in [1.807, 2.05) is 0 Å². The van der Waals surface area contributed by atoms with Crippen LogP contribution < -0.4 is 10.6 Å². The Bertz CT molecular complexity index is 1070. The summed E-state index contributed by atoms with van der Waals surface area (Å²) in [4.78, 5) is 47.7. The minimum atomic E-state index is -5.01. The summed E-state index contributed by atoms with van der Waals surface area (Å²) in [5.74, 6) is -3.10. The van der Waals surface area contributed by atoms with E-state index in [1.54, 1.807) is 13.8 Å². The van der Waals surface area contributed by atoms with Gasteiger partial charge in [0.25, 0.3) is 11.8 Å². The van der Waals surface area contributed by atoms with Crippen molar-refractivity contribution in [1.29, 1.82) is 0 Å². The molecule has 0 radical (unpaired) electrons. The molecular weight excluding hydrogens is 480 g/mol. The van der Waals surface area contributed by atoms with E-state index in [4.69, 9.17) is 26.5 Å². The van der Waals surface area contributed by atoms with Gasteiger partial charge in [-0.2, -0.15) is 8.42 Å². The van der Waals surface area contributed by atoms with E-state index in [-0.39, 0.29) is 21.0 Å². The number of anilines is 1. The molecule has 18 heteroatoms. The van der Waals surface area contributed by atoms with E-state index < -0.39 is 52.0 Å². The monoisotopic (exact) mass is 494 g/mol. The van der Waals surface area contributed by atoms with E-state index in [9.17, 15) is 22.8 Å². The Morgan fingerprint density at radius 1 is 1.52 bits per heavy atom. The van der Waals surface area contributed by atoms with E-state index in [0.29, 0.717) is 0 Å². The number of nitrogens with zero attached hydrogens (tertiary/aromatic N) is 6. The van der Waals surface area contributed by atoms with Crippen molar-refractivity contribution in [2.24, 2.45) is 10.3 Å². The molecule has 3 amide bonds. The lowest BCUT2D eigenvalue weighted by Crippen LogP contribution is -2.71. The van der Waals surface area contributed by atoms with Crippen molar-refractivity contribution in [2.75, 3.05) is 11.2 Å². The van der Waals surface area contributed by atoms with Crippen LogP contribution in [0.2, 0.25) is 0 Å². The molecule has 0 aromatic carbocycles. The topological polar surface area (TPSA) is 216 Å². The number of nitrogens with one attached hydrogen (secondary N) is 2. The molecular formula is C13H15ClN8O7S2. The molecule has 1 aliphatic heterocycles. The highest BCUT2D eigenvalue weighted by atomic mass is 35.5. The zero-order valence-corrected chi connectivity index (χ0v) is 18.2. The first-order valence-electron chi connectivity index (χ1n) is 8.20. The minimum Gasteiger partial charge on any atom is -0.392 e. The summed E-state index contributed by atoms with van der Waals surface area (Å²) < 4.78 is 31.5. The third kappa shape index (κ3) is 5.80. The maximum Gasteiger partial charge on any atom is 0.362 e. The van der Waals surface area contributed by atoms with Crippen molar-refractivity contribution in [3.63, 3.8) is 0 Å². The molecule has 1 unspecified atom stereocenters. The molecule has 2 atom stereocenters. The van der Waals surface area contributed by atoms with Gasteiger partial charge in [0.15, 0.2) is 17.0 Å². The summed E-state index contributed by atoms with van der Waals surface area (Å²) in [5, 5.41) is 12.8. The number of hydrogen-bond acceptors (Lipinski definition) is 10. The molecule has 2 heterocycles. The Hall–Kier alpha value is -2.98. The molecule has 1 aliphatic rings. The Labute approximate surface area is 183 Å². The summed E-state index contributed by atoms with van der Waals surface area (Å²) in [6.07, 6.45) is -2.16. The highest BCUT2D eigenvalue weighted by Crippen LogP contribution is 2.25. The lowest BCUT2D eigenvalue weighted by Gasteiger charge is -2.41. The summed E-state index contributed by atoms with van der Waals surface area (Å²) in [5.41, 5.74) is 8.14. The third-order valence-electron chi connectivity index (χ3n) is 3.41. The second-order valence-corrected chi connectivity index (χ2v) is 8.41. The molecule has 2 rings (SSSR count). The number of thiazole rings is 1. The summed E-state index contributed by atoms with van der Waals surface area (Å²) >= 11 is 6.36. The lowest BCUT2D eigenvalue weighted by atomic mass is 10.1. The highest BCUT2D eigenvalue weighted by molar-refractivity contribution is 7.84. The molecule has 0 spiro atoms. The fraction of sp³-hybridized carbons (Fsp3) is 0.462. The van der Waals surface area contributed by atoms with Crippen LogP contribution >= 0.6 is 22.9 Å². The number of aromatic nitrogens is 1. The van der Waals surface area contributed by atoms with Crippen LogP contribution in [0.5, 0.6) is 0 Å². The lowest BCUT2D eigenvalue weighted by molar-refractivity contribution is -0.144. The zero-order valence-electron chi connectivity index (χ0n) is 15.8. The van der Waals surface area contributed by atoms with Gasteiger partial charge in [-0.05, 0) is 19.4 Å². The largest absolute Gasteiger partial charge is 0.392 e. The molecule has 1 saturated heterocycles. The predicted molar refractivity (Wildman–Crippen MR) is 107 cm³/mol. The molecule has 15 nitrogen and oxygen atoms in total. The van der Waals surface area contributed by atoms with Crippen molar-refractivity contribution in [1.82, 2.24) is 14.6 Å². The van der Waals surface area contributed by atoms with Gasteiger partial charge in [-0.1, -0.05) is 10.3 Å². The number of hydrogen-bond donors (Lipinski definition) is 3. The molecule has 1 aromatic heterocycles. The maximum atomic E-state index is 12.7. The Kier molecular flexibility index (Phi) is 7.75. The first-order valence-corrected chi connectivity index (χ1v) is 11.0. The molecule has 0 bridgehead atoms. The second kappa shape index (κ2) is 9.88. The predicted octanol–water partition coefficient (Wildman–Crippen LogP) is 0.216. The van der Waals surface area contributed by atoms with Gasteiger partial charge in [0.1, 0.15) is 23.7 Å². The van der Waals surface area contributed by atoms with Gasteiger partial charge in [0.05, 0.1) is 0 Å². The fourth-order valence-corrected chi connectivity index (χ4v) is 3.72. The SMILES string of the molecule is CC(C)ON=C(C(=O)N[C@@H]1C(=O)N(S(=O)(=O)O)C1N=[N+]=[N-])c1csc(NC(=O)CCl)n1. The maximum absolute atomic E-state index is 12.7. The van der Waals surface area contributed by atoms with Crippen molar-refractivity contribution in [3.05, 3.63) is 21.5 Å². The van der Waals surface area contributed by atoms with Gasteiger partial charge in [-0.25, -0.2) is 9.29 Å². The summed E-state index contributed by atoms with van der Waals surface area (Å²) in [6, 6.07) is -1.59. The molecule has 31 heavy (non-hydrogen) atoms. The van der Waals surface area contributed by atoms with Crippen LogP contribution in [0.15, 0.2) is 15.7 Å². The highest BCUT2D eigenvalue weighted by Gasteiger charge is 2.54. The Balaban J connectivity index is 2.29. The van der Waals surface area contributed by atoms with Crippen molar-refractivity contribution >= 4 is 61.8 Å². The average Bonchev–Trinajstić information content (AvgIpc) is 3.12. The molecule has 0 aliphatic carbocycles. The third-order valence-corrected chi connectivity index (χ3v) is 5.30. The van der Waals surface area contributed by atoms with Gasteiger partial charge < -0.3 is 15.5 Å². The standard InChI is InChI=1S/C13H15ClN8O7S2/c1-5(2)29-20-8(6-4-30-13(16-6)17-7(23)3-14)11(24)18-9-10(19-21-15)22(12(9)25)31(26,27)28/h4-5,9-10H,3H2,1-2H3,(H,18,24)(H,16,17,23)(H,26,27,28)/t9-,10?/m0/s1. The van der Waals surface area contributed by atoms with Crippen LogP contribution in [0, 0.1) is 0 Å². The number of oxime groups is 1. The van der Waals surface area contributed by atoms with Crippen molar-refractivity contribution in [2.45, 2.75) is 32.2 Å². The van der Waals surface area contributed by atoms with Gasteiger partial charge >= 0.3 is 10.3 Å². The molecule has 1 fully saturated rings. The Morgan fingerprint density at radius 3 is 2.74 bits per heavy atom. The number of azide groups is 1. The molecule has 1 aromatic rings. The molecule has 3 N–H and O–H groups in total. The van der Waals surface area contributed by atoms with E-state index in [1.165, 1.54) is 5.38 Å². The van der Waals surface area contributed by atoms with Crippen LogP contribution in [0.1, 0.15) is 19.5 Å². The number of carbonyl (C=O) groups excluding carboxylic acids is 3. The second-order valence-electron chi connectivity index (χ2n) is 6.00. The van der Waals surface area contributed by atoms with Crippen LogP contribution in [0.3, 0.4) is 0 Å². The van der Waals surface area contributed by atoms with Crippen molar-refractivity contribution in [3.8, 4) is 0 Å². The van der Waals surface area contributed by atoms with E-state index >= 15 is 0 Å². The smallest absolute Gasteiger partial charge is 0.362 e. The van der Waals surface area contributed by atoms with Crippen LogP contribution in [-0.2, 0) is 29.5 Å². The quantitative estimate of drug-likeness (QED) is 0.0628. The van der Waals surface area contributed by atoms with Crippen molar-refractivity contribution < 1.29 is 32.2 Å². The van der Waals surface area contributed by atoms with Crippen LogP contribution in [0.25, 0.3) is 10.4 Å². The molecule has 0 saturated carbocycles. The number of alkyl halides is 1. The number of carbonyl (C=O) groups is 3. The molecule has 168 valence electrons. The number of rotatable bonds is 9. The Morgan fingerprint density at radius 2 is 2.19 bits per heavy atom. The van der Waals surface area contributed by atoms with Gasteiger partial charge in [0, 0.05) is 10.3 Å². The van der Waals surface area contributed by atoms with Gasteiger partial charge in [-0.15, -0.1) is 22.9 Å².